The van der Waals surface area contributed by atoms with Crippen LogP contribution in [0.1, 0.15) is 30.1 Å². The van der Waals surface area contributed by atoms with Gasteiger partial charge in [0.15, 0.2) is 0 Å². The Hall–Kier alpha value is -1.57. The number of aryl methyl sites for hydroxylation is 1. The molecule has 0 N–H and O–H groups in total. The largest absolute Gasteiger partial charge is 0.459 e. The summed E-state index contributed by atoms with van der Waals surface area (Å²) >= 11 is 0. The van der Waals surface area contributed by atoms with Crippen LogP contribution in [0.5, 0.6) is 0 Å². The summed E-state index contributed by atoms with van der Waals surface area (Å²) in [5.74, 6) is -0.469. The standard InChI is InChI=1S/C13H18F3N3O2/c1-2-19-8-10(7-17-19)12(20)21-11-3-5-18(6-4-11)9-13(14,15)16/h7-8,11H,2-6,9H2,1H3. The predicted molar refractivity (Wildman–Crippen MR) is 68.8 cm³/mol. The summed E-state index contributed by atoms with van der Waals surface area (Å²) < 4.78 is 43.7. The maximum Gasteiger partial charge on any atom is 0.401 e. The third kappa shape index (κ3) is 4.73. The Morgan fingerprint density at radius 1 is 1.43 bits per heavy atom. The van der Waals surface area contributed by atoms with E-state index < -0.39 is 18.7 Å². The molecule has 0 spiro atoms. The lowest BCUT2D eigenvalue weighted by Gasteiger charge is -2.31. The Morgan fingerprint density at radius 3 is 2.62 bits per heavy atom. The van der Waals surface area contributed by atoms with Gasteiger partial charge < -0.3 is 4.74 Å². The van der Waals surface area contributed by atoms with Crippen molar-refractivity contribution in [3.63, 3.8) is 0 Å². The second-order valence-electron chi connectivity index (χ2n) is 5.08. The molecule has 8 heteroatoms. The van der Waals surface area contributed by atoms with Crippen LogP contribution >= 0.6 is 0 Å². The average molecular weight is 305 g/mol. The van der Waals surface area contributed by atoms with Crippen LogP contribution in [-0.2, 0) is 11.3 Å². The molecule has 0 aromatic carbocycles. The Balaban J connectivity index is 1.79. The molecule has 1 aliphatic heterocycles. The number of carbonyl (C=O) groups excluding carboxylic acids is 1. The fourth-order valence-electron chi connectivity index (χ4n) is 2.30. The van der Waals surface area contributed by atoms with Crippen LogP contribution < -0.4 is 0 Å². The quantitative estimate of drug-likeness (QED) is 0.799. The van der Waals surface area contributed by atoms with Gasteiger partial charge in [-0.25, -0.2) is 4.79 Å². The van der Waals surface area contributed by atoms with Gasteiger partial charge in [-0.05, 0) is 19.8 Å². The van der Waals surface area contributed by atoms with E-state index in [9.17, 15) is 18.0 Å². The van der Waals surface area contributed by atoms with Crippen molar-refractivity contribution < 1.29 is 22.7 Å². The van der Waals surface area contributed by atoms with E-state index in [0.717, 1.165) is 0 Å². The first-order valence-electron chi connectivity index (χ1n) is 6.90. The normalized spacial score (nSPS) is 17.9. The topological polar surface area (TPSA) is 47.4 Å². The second kappa shape index (κ2) is 6.46. The van der Waals surface area contributed by atoms with Crippen LogP contribution in [0.2, 0.25) is 0 Å². The smallest absolute Gasteiger partial charge is 0.401 e. The van der Waals surface area contributed by atoms with E-state index in [1.54, 1.807) is 10.9 Å². The number of hydrogen-bond acceptors (Lipinski definition) is 4. The number of aromatic nitrogens is 2. The minimum Gasteiger partial charge on any atom is -0.459 e. The van der Waals surface area contributed by atoms with Gasteiger partial charge in [0.2, 0.25) is 0 Å². The highest BCUT2D eigenvalue weighted by molar-refractivity contribution is 5.88. The van der Waals surface area contributed by atoms with Crippen LogP contribution in [0.4, 0.5) is 13.2 Å². The van der Waals surface area contributed by atoms with Crippen LogP contribution in [0.3, 0.4) is 0 Å². The molecular weight excluding hydrogens is 287 g/mol. The highest BCUT2D eigenvalue weighted by Gasteiger charge is 2.33. The number of alkyl halides is 3. The number of ether oxygens (including phenoxy) is 1. The van der Waals surface area contributed by atoms with Crippen molar-refractivity contribution in [2.75, 3.05) is 19.6 Å². The molecule has 118 valence electrons. The summed E-state index contributed by atoms with van der Waals surface area (Å²) in [7, 11) is 0. The SMILES string of the molecule is CCn1cc(C(=O)OC2CCN(CC(F)(F)F)CC2)cn1. The van der Waals surface area contributed by atoms with Gasteiger partial charge >= 0.3 is 12.1 Å². The summed E-state index contributed by atoms with van der Waals surface area (Å²) in [5, 5.41) is 3.98. The molecule has 1 aromatic rings. The summed E-state index contributed by atoms with van der Waals surface area (Å²) in [5.41, 5.74) is 0.370. The lowest BCUT2D eigenvalue weighted by atomic mass is 10.1. The fraction of sp³-hybridized carbons (Fsp3) is 0.692. The number of halogens is 3. The van der Waals surface area contributed by atoms with Gasteiger partial charge in [0.25, 0.3) is 0 Å². The highest BCUT2D eigenvalue weighted by atomic mass is 19.4. The molecule has 1 aliphatic rings. The van der Waals surface area contributed by atoms with E-state index in [2.05, 4.69) is 5.10 Å². The first-order valence-corrected chi connectivity index (χ1v) is 6.90. The van der Waals surface area contributed by atoms with Gasteiger partial charge in [0.05, 0.1) is 18.3 Å². The van der Waals surface area contributed by atoms with Crippen molar-refractivity contribution in [1.29, 1.82) is 0 Å². The van der Waals surface area contributed by atoms with Crippen molar-refractivity contribution in [1.82, 2.24) is 14.7 Å². The monoisotopic (exact) mass is 305 g/mol. The van der Waals surface area contributed by atoms with E-state index in [4.69, 9.17) is 4.74 Å². The number of rotatable bonds is 4. The van der Waals surface area contributed by atoms with Crippen LogP contribution in [-0.4, -0.2) is 52.6 Å². The Bertz CT molecular complexity index is 479. The van der Waals surface area contributed by atoms with Gasteiger partial charge in [-0.1, -0.05) is 0 Å². The summed E-state index contributed by atoms with van der Waals surface area (Å²) in [6.07, 6.45) is -0.635. The number of esters is 1. The average Bonchev–Trinajstić information content (AvgIpc) is 2.88. The molecule has 0 saturated carbocycles. The number of carbonyl (C=O) groups is 1. The zero-order chi connectivity index (χ0) is 15.5. The Kier molecular flexibility index (Phi) is 4.87. The summed E-state index contributed by atoms with van der Waals surface area (Å²) in [6.45, 7) is 2.22. The van der Waals surface area contributed by atoms with Gasteiger partial charge in [-0.15, -0.1) is 0 Å². The zero-order valence-electron chi connectivity index (χ0n) is 11.8. The maximum atomic E-state index is 12.3. The maximum absolute atomic E-state index is 12.3. The third-order valence-electron chi connectivity index (χ3n) is 3.40. The number of nitrogens with zero attached hydrogens (tertiary/aromatic N) is 3. The molecular formula is C13H18F3N3O2. The first-order chi connectivity index (χ1) is 9.87. The molecule has 0 amide bonds. The lowest BCUT2D eigenvalue weighted by Crippen LogP contribution is -2.42. The lowest BCUT2D eigenvalue weighted by molar-refractivity contribution is -0.150. The van der Waals surface area contributed by atoms with E-state index in [-0.39, 0.29) is 19.2 Å². The van der Waals surface area contributed by atoms with Gasteiger partial charge in [0, 0.05) is 25.8 Å². The Morgan fingerprint density at radius 2 is 2.10 bits per heavy atom. The van der Waals surface area contributed by atoms with Crippen LogP contribution in [0, 0.1) is 0 Å². The van der Waals surface area contributed by atoms with Crippen LogP contribution in [0.15, 0.2) is 12.4 Å². The number of likely N-dealkylation sites (tertiary alicyclic amines) is 1. The molecule has 2 rings (SSSR count). The third-order valence-corrected chi connectivity index (χ3v) is 3.40. The molecule has 1 saturated heterocycles. The first kappa shape index (κ1) is 15.8. The second-order valence-corrected chi connectivity index (χ2v) is 5.08. The van der Waals surface area contributed by atoms with Gasteiger partial charge in [0.1, 0.15) is 6.10 Å². The molecule has 1 aromatic heterocycles. The minimum atomic E-state index is -4.18. The van der Waals surface area contributed by atoms with E-state index in [1.165, 1.54) is 11.1 Å². The molecule has 0 aliphatic carbocycles. The fourth-order valence-corrected chi connectivity index (χ4v) is 2.30. The van der Waals surface area contributed by atoms with Crippen LogP contribution in [0.25, 0.3) is 0 Å². The summed E-state index contributed by atoms with van der Waals surface area (Å²) in [6, 6.07) is 0. The highest BCUT2D eigenvalue weighted by Crippen LogP contribution is 2.21. The molecule has 0 bridgehead atoms. The molecule has 0 radical (unpaired) electrons. The van der Waals surface area contributed by atoms with Crippen molar-refractivity contribution >= 4 is 5.97 Å². The Labute approximate surface area is 120 Å². The van der Waals surface area contributed by atoms with E-state index >= 15 is 0 Å². The zero-order valence-corrected chi connectivity index (χ0v) is 11.8. The molecule has 21 heavy (non-hydrogen) atoms. The summed E-state index contributed by atoms with van der Waals surface area (Å²) in [4.78, 5) is 13.2. The predicted octanol–water partition coefficient (Wildman–Crippen LogP) is 2.09. The number of piperidine rings is 1. The van der Waals surface area contributed by atoms with Crippen molar-refractivity contribution in [3.8, 4) is 0 Å². The number of hydrogen-bond donors (Lipinski definition) is 0. The minimum absolute atomic E-state index is 0.283. The molecule has 1 fully saturated rings. The van der Waals surface area contributed by atoms with E-state index in [1.807, 2.05) is 6.92 Å². The van der Waals surface area contributed by atoms with Crippen molar-refractivity contribution in [2.24, 2.45) is 0 Å². The molecule has 2 heterocycles. The van der Waals surface area contributed by atoms with E-state index in [0.29, 0.717) is 24.9 Å². The molecule has 5 nitrogen and oxygen atoms in total. The molecule has 0 unspecified atom stereocenters. The van der Waals surface area contributed by atoms with Gasteiger partial charge in [-0.3, -0.25) is 9.58 Å². The van der Waals surface area contributed by atoms with Crippen molar-refractivity contribution in [3.05, 3.63) is 18.0 Å². The van der Waals surface area contributed by atoms with Crippen molar-refractivity contribution in [2.45, 2.75) is 38.6 Å². The molecule has 0 atom stereocenters. The van der Waals surface area contributed by atoms with Gasteiger partial charge in [-0.2, -0.15) is 18.3 Å².